The topological polar surface area (TPSA) is 111 Å². The minimum Gasteiger partial charge on any atom is -0.497 e. The maximum atomic E-state index is 13.3. The van der Waals surface area contributed by atoms with Crippen LogP contribution >= 0.6 is 11.6 Å². The highest BCUT2D eigenvalue weighted by molar-refractivity contribution is 6.32. The van der Waals surface area contributed by atoms with Gasteiger partial charge in [-0.1, -0.05) is 23.7 Å². The van der Waals surface area contributed by atoms with Gasteiger partial charge in [0, 0.05) is 49.7 Å². The number of fused-ring (bicyclic) bond motifs is 1. The Bertz CT molecular complexity index is 1340. The predicted molar refractivity (Wildman–Crippen MR) is 137 cm³/mol. The number of carbonyl (C=O) groups is 1. The molecular formula is C26H26ClN5O5. The number of morpholine rings is 1. The molecule has 0 bridgehead atoms. The number of ether oxygens (including phenoxy) is 2. The van der Waals surface area contributed by atoms with Gasteiger partial charge >= 0.3 is 0 Å². The molecule has 0 N–H and O–H groups in total. The quantitative estimate of drug-likeness (QED) is 0.355. The molecular weight excluding hydrogens is 498 g/mol. The van der Waals surface area contributed by atoms with Crippen LogP contribution < -0.4 is 9.64 Å². The zero-order valence-corrected chi connectivity index (χ0v) is 21.1. The molecule has 10 nitrogen and oxygen atoms in total. The summed E-state index contributed by atoms with van der Waals surface area (Å²) >= 11 is 5.94. The van der Waals surface area contributed by atoms with Gasteiger partial charge in [0.05, 0.1) is 37.5 Å². The van der Waals surface area contributed by atoms with E-state index in [9.17, 15) is 14.9 Å². The van der Waals surface area contributed by atoms with Gasteiger partial charge in [0.25, 0.3) is 11.6 Å². The van der Waals surface area contributed by atoms with Crippen LogP contribution in [0.15, 0.2) is 42.5 Å². The molecule has 0 unspecified atom stereocenters. The van der Waals surface area contributed by atoms with Gasteiger partial charge in [-0.2, -0.15) is 0 Å². The van der Waals surface area contributed by atoms with Gasteiger partial charge in [-0.05, 0) is 29.8 Å². The van der Waals surface area contributed by atoms with E-state index in [0.717, 1.165) is 28.4 Å². The fraction of sp³-hybridized carbons (Fsp3) is 0.346. The van der Waals surface area contributed by atoms with Crippen LogP contribution in [0, 0.1) is 10.1 Å². The van der Waals surface area contributed by atoms with Gasteiger partial charge in [-0.3, -0.25) is 14.9 Å². The summed E-state index contributed by atoms with van der Waals surface area (Å²) in [6, 6.07) is 12.0. The normalized spacial score (nSPS) is 15.3. The first-order valence-electron chi connectivity index (χ1n) is 12.0. The number of nitro groups is 1. The van der Waals surface area contributed by atoms with Crippen molar-refractivity contribution in [3.8, 4) is 5.75 Å². The Hall–Kier alpha value is -3.76. The largest absolute Gasteiger partial charge is 0.497 e. The first-order valence-corrected chi connectivity index (χ1v) is 12.4. The molecule has 2 aromatic carbocycles. The highest BCUT2D eigenvalue weighted by atomic mass is 35.5. The molecule has 0 saturated carbocycles. The van der Waals surface area contributed by atoms with Crippen molar-refractivity contribution < 1.29 is 19.2 Å². The highest BCUT2D eigenvalue weighted by Crippen LogP contribution is 2.31. The lowest BCUT2D eigenvalue weighted by Gasteiger charge is -2.34. The third-order valence-electron chi connectivity index (χ3n) is 6.57. The minimum atomic E-state index is -0.584. The molecule has 192 valence electrons. The number of halogens is 1. The molecule has 1 amide bonds. The molecule has 3 aromatic rings. The van der Waals surface area contributed by atoms with E-state index in [-0.39, 0.29) is 22.2 Å². The maximum absolute atomic E-state index is 13.3. The van der Waals surface area contributed by atoms with Gasteiger partial charge in [0.15, 0.2) is 0 Å². The van der Waals surface area contributed by atoms with Crippen LogP contribution in [-0.2, 0) is 24.1 Å². The summed E-state index contributed by atoms with van der Waals surface area (Å²) in [6.45, 7) is 3.35. The van der Waals surface area contributed by atoms with Crippen molar-refractivity contribution in [3.05, 3.63) is 85.8 Å². The lowest BCUT2D eigenvalue weighted by atomic mass is 10.0. The summed E-state index contributed by atoms with van der Waals surface area (Å²) < 4.78 is 10.9. The van der Waals surface area contributed by atoms with Gasteiger partial charge < -0.3 is 19.3 Å². The summed E-state index contributed by atoms with van der Waals surface area (Å²) in [5, 5.41) is 11.3. The average molecular weight is 524 g/mol. The van der Waals surface area contributed by atoms with E-state index in [1.807, 2.05) is 24.3 Å². The van der Waals surface area contributed by atoms with Crippen LogP contribution in [0.25, 0.3) is 0 Å². The number of benzene rings is 2. The number of anilines is 1. The summed E-state index contributed by atoms with van der Waals surface area (Å²) in [5.74, 6) is 2.01. The predicted octanol–water partition coefficient (Wildman–Crippen LogP) is 3.67. The number of amides is 1. The van der Waals surface area contributed by atoms with Gasteiger partial charge in [-0.15, -0.1) is 0 Å². The van der Waals surface area contributed by atoms with Crippen LogP contribution in [0.1, 0.15) is 33.0 Å². The molecule has 5 rings (SSSR count). The van der Waals surface area contributed by atoms with Crippen molar-refractivity contribution in [1.82, 2.24) is 14.9 Å². The van der Waals surface area contributed by atoms with Crippen LogP contribution in [0.2, 0.25) is 5.02 Å². The van der Waals surface area contributed by atoms with Crippen molar-refractivity contribution >= 4 is 29.0 Å². The van der Waals surface area contributed by atoms with E-state index in [0.29, 0.717) is 58.1 Å². The van der Waals surface area contributed by atoms with E-state index in [1.54, 1.807) is 12.0 Å². The van der Waals surface area contributed by atoms with Crippen molar-refractivity contribution in [2.75, 3.05) is 44.9 Å². The third-order valence-corrected chi connectivity index (χ3v) is 6.89. The Morgan fingerprint density at radius 1 is 1.16 bits per heavy atom. The zero-order valence-electron chi connectivity index (χ0n) is 20.4. The van der Waals surface area contributed by atoms with Crippen LogP contribution in [0.5, 0.6) is 5.75 Å². The Balaban J connectivity index is 1.46. The number of methoxy groups -OCH3 is 1. The molecule has 37 heavy (non-hydrogen) atoms. The fourth-order valence-electron chi connectivity index (χ4n) is 4.67. The van der Waals surface area contributed by atoms with E-state index in [4.69, 9.17) is 31.0 Å². The second-order valence-corrected chi connectivity index (χ2v) is 9.32. The molecule has 0 radical (unpaired) electrons. The zero-order chi connectivity index (χ0) is 25.9. The van der Waals surface area contributed by atoms with Crippen LogP contribution in [0.4, 0.5) is 11.5 Å². The number of nitro benzene ring substituents is 1. The number of carbonyl (C=O) groups excluding carboxylic acids is 1. The van der Waals surface area contributed by atoms with E-state index in [1.165, 1.54) is 18.2 Å². The fourth-order valence-corrected chi connectivity index (χ4v) is 4.86. The molecule has 11 heteroatoms. The van der Waals surface area contributed by atoms with Crippen molar-refractivity contribution in [3.63, 3.8) is 0 Å². The molecule has 0 spiro atoms. The molecule has 3 heterocycles. The molecule has 0 aliphatic carbocycles. The van der Waals surface area contributed by atoms with Gasteiger partial charge in [-0.25, -0.2) is 9.97 Å². The van der Waals surface area contributed by atoms with Crippen molar-refractivity contribution in [2.45, 2.75) is 19.4 Å². The lowest BCUT2D eigenvalue weighted by Crippen LogP contribution is -2.41. The first-order chi connectivity index (χ1) is 17.9. The van der Waals surface area contributed by atoms with Gasteiger partial charge in [0.2, 0.25) is 0 Å². The molecule has 1 aromatic heterocycles. The van der Waals surface area contributed by atoms with E-state index >= 15 is 0 Å². The second kappa shape index (κ2) is 10.7. The monoisotopic (exact) mass is 523 g/mol. The highest BCUT2D eigenvalue weighted by Gasteiger charge is 2.29. The minimum absolute atomic E-state index is 0.00268. The smallest absolute Gasteiger partial charge is 0.288 e. The lowest BCUT2D eigenvalue weighted by molar-refractivity contribution is -0.384. The summed E-state index contributed by atoms with van der Waals surface area (Å²) in [7, 11) is 1.64. The summed E-state index contributed by atoms with van der Waals surface area (Å²) in [6.07, 6.45) is 1.11. The Labute approximate surface area is 218 Å². The molecule has 0 atom stereocenters. The number of nitrogens with zero attached hydrogens (tertiary/aromatic N) is 5. The van der Waals surface area contributed by atoms with Gasteiger partial charge in [0.1, 0.15) is 22.4 Å². The third kappa shape index (κ3) is 5.35. The second-order valence-electron chi connectivity index (χ2n) is 8.92. The van der Waals surface area contributed by atoms with E-state index in [2.05, 4.69) is 4.90 Å². The Morgan fingerprint density at radius 2 is 1.97 bits per heavy atom. The summed E-state index contributed by atoms with van der Waals surface area (Å²) in [5.41, 5.74) is 2.80. The average Bonchev–Trinajstić information content (AvgIpc) is 2.92. The number of hydrogen-bond acceptors (Lipinski definition) is 8. The standard InChI is InChI=1S/C26H26ClN5O5/c1-36-19-4-2-3-17(13-19)14-24-28-22-7-8-31(16-20(22)25(29-24)30-9-11-37-12-10-30)26(33)18-5-6-21(27)23(15-18)32(34)35/h2-6,13,15H,7-12,14,16H2,1H3. The number of hydrogen-bond donors (Lipinski definition) is 0. The van der Waals surface area contributed by atoms with Crippen molar-refractivity contribution in [2.24, 2.45) is 0 Å². The van der Waals surface area contributed by atoms with Crippen LogP contribution in [-0.4, -0.2) is 65.7 Å². The van der Waals surface area contributed by atoms with E-state index < -0.39 is 4.92 Å². The Morgan fingerprint density at radius 3 is 2.73 bits per heavy atom. The number of aromatic nitrogens is 2. The summed E-state index contributed by atoms with van der Waals surface area (Å²) in [4.78, 5) is 37.7. The molecule has 2 aliphatic heterocycles. The van der Waals surface area contributed by atoms with Crippen molar-refractivity contribution in [1.29, 1.82) is 0 Å². The molecule has 2 aliphatic rings. The number of rotatable bonds is 6. The molecule has 1 saturated heterocycles. The Kier molecular flexibility index (Phi) is 7.20. The maximum Gasteiger partial charge on any atom is 0.288 e. The SMILES string of the molecule is COc1cccc(Cc2nc3c(c(N4CCOCC4)n2)CN(C(=O)c2ccc(Cl)c([N+](=O)[O-])c2)CC3)c1. The first kappa shape index (κ1) is 24.9. The molecule has 1 fully saturated rings. The van der Waals surface area contributed by atoms with Crippen LogP contribution in [0.3, 0.4) is 0 Å².